The number of hydrogen-bond acceptors (Lipinski definition) is 4. The first-order chi connectivity index (χ1) is 13.5. The number of aromatic amines is 1. The van der Waals surface area contributed by atoms with Gasteiger partial charge in [0.2, 0.25) is 0 Å². The normalized spacial score (nSPS) is 11.0. The number of carbonyl (C=O) groups excluding carboxylic acids is 1. The van der Waals surface area contributed by atoms with Crippen molar-refractivity contribution in [3.05, 3.63) is 76.8 Å². The Labute approximate surface area is 167 Å². The van der Waals surface area contributed by atoms with Crippen LogP contribution in [-0.4, -0.2) is 38.0 Å². The van der Waals surface area contributed by atoms with Gasteiger partial charge >= 0.3 is 0 Å². The predicted molar refractivity (Wildman–Crippen MR) is 109 cm³/mol. The third kappa shape index (κ3) is 3.46. The van der Waals surface area contributed by atoms with E-state index in [-0.39, 0.29) is 5.91 Å². The lowest BCUT2D eigenvalue weighted by molar-refractivity contribution is 0.0785. The number of benzene rings is 1. The zero-order chi connectivity index (χ0) is 19.7. The minimum Gasteiger partial charge on any atom is -0.336 e. The average molecular weight is 392 g/mol. The maximum absolute atomic E-state index is 13.3. The van der Waals surface area contributed by atoms with E-state index in [1.54, 1.807) is 48.7 Å². The van der Waals surface area contributed by atoms with Crippen molar-refractivity contribution in [3.8, 4) is 11.3 Å². The molecule has 28 heavy (non-hydrogen) atoms. The van der Waals surface area contributed by atoms with E-state index in [1.807, 2.05) is 25.1 Å². The molecule has 3 heterocycles. The van der Waals surface area contributed by atoms with Crippen LogP contribution >= 0.6 is 11.6 Å². The molecule has 0 atom stereocenters. The van der Waals surface area contributed by atoms with Gasteiger partial charge in [0.1, 0.15) is 0 Å². The molecule has 3 aromatic heterocycles. The maximum Gasteiger partial charge on any atom is 0.254 e. The van der Waals surface area contributed by atoms with Gasteiger partial charge in [-0.25, -0.2) is 4.98 Å². The van der Waals surface area contributed by atoms with Gasteiger partial charge in [0, 0.05) is 35.4 Å². The molecule has 1 aromatic carbocycles. The first-order valence-corrected chi connectivity index (χ1v) is 9.16. The molecule has 0 bridgehead atoms. The van der Waals surface area contributed by atoms with Gasteiger partial charge in [-0.1, -0.05) is 23.7 Å². The summed E-state index contributed by atoms with van der Waals surface area (Å²) in [7, 11) is 1.77. The van der Waals surface area contributed by atoms with Crippen LogP contribution in [0.4, 0.5) is 0 Å². The number of pyridine rings is 2. The molecule has 0 spiro atoms. The molecule has 0 fully saturated rings. The summed E-state index contributed by atoms with van der Waals surface area (Å²) in [5.41, 5.74) is 4.61. The molecule has 0 aliphatic carbocycles. The highest BCUT2D eigenvalue weighted by molar-refractivity contribution is 6.31. The Morgan fingerprint density at radius 1 is 1.25 bits per heavy atom. The first kappa shape index (κ1) is 18.1. The molecule has 0 unspecified atom stereocenters. The summed E-state index contributed by atoms with van der Waals surface area (Å²) >= 11 is 6.15. The lowest BCUT2D eigenvalue weighted by Gasteiger charge is -2.19. The smallest absolute Gasteiger partial charge is 0.254 e. The predicted octanol–water partition coefficient (Wildman–Crippen LogP) is 4.25. The SMILES string of the molecule is Cc1cccnc1CN(C)C(=O)c1cc(-c2cn[nH]c2)nc2cc(Cl)ccc12. The summed E-state index contributed by atoms with van der Waals surface area (Å²) in [6.45, 7) is 2.41. The van der Waals surface area contributed by atoms with Gasteiger partial charge in [0.15, 0.2) is 0 Å². The largest absolute Gasteiger partial charge is 0.336 e. The zero-order valence-electron chi connectivity index (χ0n) is 15.5. The Morgan fingerprint density at radius 2 is 2.11 bits per heavy atom. The van der Waals surface area contributed by atoms with Crippen molar-refractivity contribution in [1.82, 2.24) is 25.1 Å². The number of amides is 1. The van der Waals surface area contributed by atoms with E-state index in [2.05, 4.69) is 20.2 Å². The number of fused-ring (bicyclic) bond motifs is 1. The highest BCUT2D eigenvalue weighted by atomic mass is 35.5. The van der Waals surface area contributed by atoms with E-state index >= 15 is 0 Å². The van der Waals surface area contributed by atoms with Gasteiger partial charge < -0.3 is 4.90 Å². The number of rotatable bonds is 4. The molecule has 0 radical (unpaired) electrons. The van der Waals surface area contributed by atoms with Crippen molar-refractivity contribution >= 4 is 28.4 Å². The molecule has 6 nitrogen and oxygen atoms in total. The monoisotopic (exact) mass is 391 g/mol. The zero-order valence-corrected chi connectivity index (χ0v) is 16.2. The highest BCUT2D eigenvalue weighted by Gasteiger charge is 2.19. The molecular formula is C21H18ClN5O. The Bertz CT molecular complexity index is 1160. The second-order valence-electron chi connectivity index (χ2n) is 6.63. The van der Waals surface area contributed by atoms with Crippen LogP contribution in [0.5, 0.6) is 0 Å². The summed E-state index contributed by atoms with van der Waals surface area (Å²) in [6, 6.07) is 11.0. The van der Waals surface area contributed by atoms with Crippen LogP contribution in [0.25, 0.3) is 22.2 Å². The Balaban J connectivity index is 1.78. The molecule has 0 aliphatic heterocycles. The lowest BCUT2D eigenvalue weighted by Crippen LogP contribution is -2.27. The van der Waals surface area contributed by atoms with E-state index in [1.165, 1.54) is 0 Å². The number of nitrogens with one attached hydrogen (secondary N) is 1. The first-order valence-electron chi connectivity index (χ1n) is 8.78. The van der Waals surface area contributed by atoms with Gasteiger partial charge in [0.25, 0.3) is 5.91 Å². The summed E-state index contributed by atoms with van der Waals surface area (Å²) in [4.78, 5) is 24.0. The van der Waals surface area contributed by atoms with Crippen LogP contribution in [0.2, 0.25) is 5.02 Å². The molecule has 4 rings (SSSR count). The summed E-state index contributed by atoms with van der Waals surface area (Å²) < 4.78 is 0. The number of carbonyl (C=O) groups is 1. The van der Waals surface area contributed by atoms with Crippen molar-refractivity contribution < 1.29 is 4.79 Å². The quantitative estimate of drug-likeness (QED) is 0.564. The van der Waals surface area contributed by atoms with Crippen molar-refractivity contribution in [2.24, 2.45) is 0 Å². The molecule has 0 saturated heterocycles. The summed E-state index contributed by atoms with van der Waals surface area (Å²) in [5, 5.41) is 8.08. The van der Waals surface area contributed by atoms with Crippen LogP contribution in [0.15, 0.2) is 55.0 Å². The Hall–Kier alpha value is -3.25. The fourth-order valence-electron chi connectivity index (χ4n) is 3.10. The molecule has 1 amide bonds. The lowest BCUT2D eigenvalue weighted by atomic mass is 10.0. The molecule has 140 valence electrons. The van der Waals surface area contributed by atoms with E-state index < -0.39 is 0 Å². The summed E-state index contributed by atoms with van der Waals surface area (Å²) in [5.74, 6) is -0.107. The van der Waals surface area contributed by atoms with Crippen molar-refractivity contribution in [1.29, 1.82) is 0 Å². The highest BCUT2D eigenvalue weighted by Crippen LogP contribution is 2.27. The fourth-order valence-corrected chi connectivity index (χ4v) is 3.27. The van der Waals surface area contributed by atoms with Gasteiger partial charge in [0.05, 0.1) is 35.2 Å². The van der Waals surface area contributed by atoms with Crippen LogP contribution in [0, 0.1) is 6.92 Å². The number of H-pyrrole nitrogens is 1. The second-order valence-corrected chi connectivity index (χ2v) is 7.07. The van der Waals surface area contributed by atoms with Gasteiger partial charge in [-0.05, 0) is 36.8 Å². The van der Waals surface area contributed by atoms with E-state index in [0.717, 1.165) is 22.2 Å². The van der Waals surface area contributed by atoms with Gasteiger partial charge in [-0.15, -0.1) is 0 Å². The van der Waals surface area contributed by atoms with E-state index in [4.69, 9.17) is 11.6 Å². The number of aryl methyl sites for hydroxylation is 1. The molecule has 0 aliphatic rings. The Kier molecular flexibility index (Phi) is 4.79. The van der Waals surface area contributed by atoms with E-state index in [9.17, 15) is 4.79 Å². The standard InChI is InChI=1S/C21H18ClN5O/c1-13-4-3-7-23-20(13)12-27(2)21(28)17-9-18(14-10-24-25-11-14)26-19-8-15(22)5-6-16(17)19/h3-11H,12H2,1-2H3,(H,24,25). The molecule has 4 aromatic rings. The minimum absolute atomic E-state index is 0.107. The van der Waals surface area contributed by atoms with Crippen LogP contribution in [0.1, 0.15) is 21.6 Å². The van der Waals surface area contributed by atoms with Crippen LogP contribution in [-0.2, 0) is 6.54 Å². The average Bonchev–Trinajstić information content (AvgIpc) is 3.23. The van der Waals surface area contributed by atoms with Crippen molar-refractivity contribution in [3.63, 3.8) is 0 Å². The van der Waals surface area contributed by atoms with Crippen LogP contribution < -0.4 is 0 Å². The number of hydrogen-bond donors (Lipinski definition) is 1. The van der Waals surface area contributed by atoms with Gasteiger partial charge in [-0.2, -0.15) is 5.10 Å². The molecular weight excluding hydrogens is 374 g/mol. The van der Waals surface area contributed by atoms with Crippen molar-refractivity contribution in [2.75, 3.05) is 7.05 Å². The Morgan fingerprint density at radius 3 is 2.86 bits per heavy atom. The van der Waals surface area contributed by atoms with Crippen LogP contribution in [0.3, 0.4) is 0 Å². The topological polar surface area (TPSA) is 74.8 Å². The third-order valence-corrected chi connectivity index (χ3v) is 4.88. The number of halogens is 1. The maximum atomic E-state index is 13.3. The second kappa shape index (κ2) is 7.40. The number of aromatic nitrogens is 4. The fraction of sp³-hybridized carbons (Fsp3) is 0.143. The van der Waals surface area contributed by atoms with E-state index in [0.29, 0.717) is 28.3 Å². The van der Waals surface area contributed by atoms with Crippen molar-refractivity contribution in [2.45, 2.75) is 13.5 Å². The minimum atomic E-state index is -0.107. The molecule has 0 saturated carbocycles. The third-order valence-electron chi connectivity index (χ3n) is 4.65. The molecule has 1 N–H and O–H groups in total. The number of nitrogens with zero attached hydrogens (tertiary/aromatic N) is 4. The molecule has 7 heteroatoms. The van der Waals surface area contributed by atoms with Gasteiger partial charge in [-0.3, -0.25) is 14.9 Å². The summed E-state index contributed by atoms with van der Waals surface area (Å²) in [6.07, 6.45) is 5.16.